The molecule has 1 aromatic rings. The molecular formula is C18H26FN5O2. The molecule has 2 atom stereocenters. The lowest BCUT2D eigenvalue weighted by atomic mass is 9.93. The van der Waals surface area contributed by atoms with Crippen LogP contribution < -0.4 is 21.5 Å². The summed E-state index contributed by atoms with van der Waals surface area (Å²) in [5.41, 5.74) is 6.82. The summed E-state index contributed by atoms with van der Waals surface area (Å²) < 4.78 is 13.5. The molecule has 0 radical (unpaired) electrons. The van der Waals surface area contributed by atoms with Crippen LogP contribution in [0.3, 0.4) is 0 Å². The van der Waals surface area contributed by atoms with E-state index in [9.17, 15) is 14.0 Å². The van der Waals surface area contributed by atoms with Crippen LogP contribution in [0.25, 0.3) is 0 Å². The van der Waals surface area contributed by atoms with Gasteiger partial charge in [-0.05, 0) is 37.5 Å². The van der Waals surface area contributed by atoms with Crippen LogP contribution in [0.15, 0.2) is 24.3 Å². The van der Waals surface area contributed by atoms with Crippen molar-refractivity contribution < 1.29 is 14.0 Å². The quantitative estimate of drug-likeness (QED) is 0.640. The van der Waals surface area contributed by atoms with Crippen molar-refractivity contribution in [1.29, 1.82) is 0 Å². The van der Waals surface area contributed by atoms with Gasteiger partial charge in [0.25, 0.3) is 0 Å². The fourth-order valence-electron chi connectivity index (χ4n) is 3.56. The number of benzene rings is 1. The van der Waals surface area contributed by atoms with Gasteiger partial charge in [-0.2, -0.15) is 0 Å². The van der Waals surface area contributed by atoms with Gasteiger partial charge < -0.3 is 15.5 Å². The Kier molecular flexibility index (Phi) is 6.05. The van der Waals surface area contributed by atoms with E-state index in [-0.39, 0.29) is 35.8 Å². The van der Waals surface area contributed by atoms with Gasteiger partial charge in [0.1, 0.15) is 5.82 Å². The highest BCUT2D eigenvalue weighted by molar-refractivity contribution is 5.80. The molecule has 0 saturated carbocycles. The lowest BCUT2D eigenvalue weighted by molar-refractivity contribution is -0.125. The normalized spacial score (nSPS) is 23.7. The molecule has 1 aromatic carbocycles. The smallest absolute Gasteiger partial charge is 0.317 e. The molecule has 2 saturated heterocycles. The van der Waals surface area contributed by atoms with Crippen molar-refractivity contribution >= 4 is 11.9 Å². The maximum atomic E-state index is 13.5. The lowest BCUT2D eigenvalue weighted by Gasteiger charge is -2.33. The predicted molar refractivity (Wildman–Crippen MR) is 95.6 cm³/mol. The van der Waals surface area contributed by atoms with Crippen molar-refractivity contribution in [3.05, 3.63) is 35.6 Å². The number of nitrogens with zero attached hydrogens (tertiary/aromatic N) is 1. The molecule has 0 spiro atoms. The standard InChI is InChI=1S/C18H26FN5O2/c1-2-20-18(26)24-8-6-14(7-9-24)22-17(25)15-11-21-23-16(15)12-4-3-5-13(19)10-12/h3-5,10,14-16,21,23H,2,6-9,11H2,1H3,(H,20,26)(H,22,25). The fourth-order valence-corrected chi connectivity index (χ4v) is 3.56. The number of urea groups is 1. The Balaban J connectivity index is 1.54. The topological polar surface area (TPSA) is 85.5 Å². The molecule has 26 heavy (non-hydrogen) atoms. The summed E-state index contributed by atoms with van der Waals surface area (Å²) in [7, 11) is 0. The third-order valence-electron chi connectivity index (χ3n) is 4.98. The molecule has 4 N–H and O–H groups in total. The van der Waals surface area contributed by atoms with E-state index >= 15 is 0 Å². The number of rotatable bonds is 4. The largest absolute Gasteiger partial charge is 0.353 e. The van der Waals surface area contributed by atoms with E-state index in [1.165, 1.54) is 12.1 Å². The Hall–Kier alpha value is -2.19. The van der Waals surface area contributed by atoms with Gasteiger partial charge in [0.05, 0.1) is 12.0 Å². The molecule has 142 valence electrons. The number of carbonyl (C=O) groups excluding carboxylic acids is 2. The van der Waals surface area contributed by atoms with E-state index in [0.717, 1.165) is 18.4 Å². The molecule has 0 bridgehead atoms. The average molecular weight is 363 g/mol. The van der Waals surface area contributed by atoms with Gasteiger partial charge in [-0.25, -0.2) is 14.6 Å². The molecule has 0 aliphatic carbocycles. The van der Waals surface area contributed by atoms with Crippen LogP contribution in [0.5, 0.6) is 0 Å². The zero-order chi connectivity index (χ0) is 18.5. The van der Waals surface area contributed by atoms with Gasteiger partial charge in [-0.1, -0.05) is 12.1 Å². The third kappa shape index (κ3) is 4.31. The minimum atomic E-state index is -0.312. The summed E-state index contributed by atoms with van der Waals surface area (Å²) in [5, 5.41) is 5.89. The third-order valence-corrected chi connectivity index (χ3v) is 4.98. The second-order valence-corrected chi connectivity index (χ2v) is 6.77. The van der Waals surface area contributed by atoms with Crippen molar-refractivity contribution in [2.24, 2.45) is 5.92 Å². The monoisotopic (exact) mass is 363 g/mol. The van der Waals surface area contributed by atoms with Crippen molar-refractivity contribution in [3.8, 4) is 0 Å². The van der Waals surface area contributed by atoms with Crippen LogP contribution in [0.2, 0.25) is 0 Å². The molecule has 2 unspecified atom stereocenters. The molecule has 2 heterocycles. The molecule has 2 aliphatic rings. The van der Waals surface area contributed by atoms with Crippen molar-refractivity contribution in [2.45, 2.75) is 31.8 Å². The number of carbonyl (C=O) groups is 2. The van der Waals surface area contributed by atoms with Crippen LogP contribution in [0.1, 0.15) is 31.4 Å². The van der Waals surface area contributed by atoms with Crippen LogP contribution in [-0.4, -0.2) is 49.1 Å². The van der Waals surface area contributed by atoms with E-state index in [4.69, 9.17) is 0 Å². The Morgan fingerprint density at radius 1 is 1.31 bits per heavy atom. The van der Waals surface area contributed by atoms with Gasteiger partial charge in [-0.15, -0.1) is 0 Å². The lowest BCUT2D eigenvalue weighted by Crippen LogP contribution is -2.50. The first-order valence-electron chi connectivity index (χ1n) is 9.15. The number of halogens is 1. The van der Waals surface area contributed by atoms with E-state index in [0.29, 0.717) is 26.2 Å². The summed E-state index contributed by atoms with van der Waals surface area (Å²) >= 11 is 0. The van der Waals surface area contributed by atoms with E-state index in [1.807, 2.05) is 13.0 Å². The maximum absolute atomic E-state index is 13.5. The van der Waals surface area contributed by atoms with Crippen LogP contribution in [0, 0.1) is 11.7 Å². The number of piperidine rings is 1. The van der Waals surface area contributed by atoms with E-state index in [1.54, 1.807) is 11.0 Å². The average Bonchev–Trinajstić information content (AvgIpc) is 3.12. The molecule has 2 aliphatic heterocycles. The van der Waals surface area contributed by atoms with Crippen LogP contribution >= 0.6 is 0 Å². The first-order chi connectivity index (χ1) is 12.6. The summed E-state index contributed by atoms with van der Waals surface area (Å²) in [4.78, 5) is 26.3. The van der Waals surface area contributed by atoms with Crippen LogP contribution in [0.4, 0.5) is 9.18 Å². The molecule has 2 fully saturated rings. The Morgan fingerprint density at radius 2 is 2.08 bits per heavy atom. The van der Waals surface area contributed by atoms with Crippen molar-refractivity contribution in [1.82, 2.24) is 26.4 Å². The summed E-state index contributed by atoms with van der Waals surface area (Å²) in [6.45, 7) is 4.25. The summed E-state index contributed by atoms with van der Waals surface area (Å²) in [6, 6.07) is 6.06. The van der Waals surface area contributed by atoms with Gasteiger partial charge in [0, 0.05) is 32.2 Å². The molecule has 0 aromatic heterocycles. The fraction of sp³-hybridized carbons (Fsp3) is 0.556. The molecule has 7 nitrogen and oxygen atoms in total. The number of hydrazine groups is 1. The highest BCUT2D eigenvalue weighted by atomic mass is 19.1. The molecular weight excluding hydrogens is 337 g/mol. The van der Waals surface area contributed by atoms with E-state index < -0.39 is 0 Å². The van der Waals surface area contributed by atoms with Gasteiger partial charge in [0.2, 0.25) is 5.91 Å². The number of amides is 3. The number of hydrogen-bond acceptors (Lipinski definition) is 4. The van der Waals surface area contributed by atoms with Gasteiger partial charge in [-0.3, -0.25) is 10.2 Å². The van der Waals surface area contributed by atoms with E-state index in [2.05, 4.69) is 21.5 Å². The Morgan fingerprint density at radius 3 is 2.77 bits per heavy atom. The minimum Gasteiger partial charge on any atom is -0.353 e. The zero-order valence-corrected chi connectivity index (χ0v) is 14.9. The van der Waals surface area contributed by atoms with Crippen molar-refractivity contribution in [2.75, 3.05) is 26.2 Å². The zero-order valence-electron chi connectivity index (χ0n) is 14.9. The summed E-state index contributed by atoms with van der Waals surface area (Å²) in [6.07, 6.45) is 1.47. The van der Waals surface area contributed by atoms with Crippen LogP contribution in [-0.2, 0) is 4.79 Å². The summed E-state index contributed by atoms with van der Waals surface area (Å²) in [5.74, 6) is -0.667. The molecule has 3 amide bonds. The second-order valence-electron chi connectivity index (χ2n) is 6.77. The molecule has 3 rings (SSSR count). The number of likely N-dealkylation sites (tertiary alicyclic amines) is 1. The van der Waals surface area contributed by atoms with Gasteiger partial charge >= 0.3 is 6.03 Å². The van der Waals surface area contributed by atoms with Gasteiger partial charge in [0.15, 0.2) is 0 Å². The minimum absolute atomic E-state index is 0.0479. The second kappa shape index (κ2) is 8.46. The number of hydrogen-bond donors (Lipinski definition) is 4. The maximum Gasteiger partial charge on any atom is 0.317 e. The first kappa shape index (κ1) is 18.6. The highest BCUT2D eigenvalue weighted by Gasteiger charge is 2.35. The highest BCUT2D eigenvalue weighted by Crippen LogP contribution is 2.26. The predicted octanol–water partition coefficient (Wildman–Crippen LogP) is 0.901. The SMILES string of the molecule is CCNC(=O)N1CCC(NC(=O)C2CNNC2c2cccc(F)c2)CC1. The first-order valence-corrected chi connectivity index (χ1v) is 9.15. The molecule has 8 heteroatoms. The Labute approximate surface area is 152 Å². The van der Waals surface area contributed by atoms with Crippen molar-refractivity contribution in [3.63, 3.8) is 0 Å². The Bertz CT molecular complexity index is 648. The number of nitrogens with one attached hydrogen (secondary N) is 4.